The summed E-state index contributed by atoms with van der Waals surface area (Å²) in [4.78, 5) is 4.70. The van der Waals surface area contributed by atoms with Crippen LogP contribution in [-0.2, 0) is 0 Å². The third kappa shape index (κ3) is 1.30. The van der Waals surface area contributed by atoms with Crippen LogP contribution in [0.2, 0.25) is 0 Å². The van der Waals surface area contributed by atoms with E-state index in [1.807, 2.05) is 6.20 Å². The van der Waals surface area contributed by atoms with E-state index in [1.165, 1.54) is 36.1 Å². The molecular formula is C17H17N. The number of benzene rings is 1. The molecule has 1 nitrogen and oxygen atoms in total. The zero-order valence-corrected chi connectivity index (χ0v) is 10.7. The molecule has 18 heavy (non-hydrogen) atoms. The zero-order chi connectivity index (χ0) is 12.1. The van der Waals surface area contributed by atoms with Gasteiger partial charge in [-0.3, -0.25) is 4.98 Å². The van der Waals surface area contributed by atoms with Gasteiger partial charge in [-0.2, -0.15) is 0 Å². The summed E-state index contributed by atoms with van der Waals surface area (Å²) < 4.78 is 0. The van der Waals surface area contributed by atoms with Crippen LogP contribution in [0.15, 0.2) is 36.5 Å². The fourth-order valence-corrected chi connectivity index (χ4v) is 3.85. The van der Waals surface area contributed by atoms with Crippen molar-refractivity contribution >= 4 is 0 Å². The number of pyridine rings is 1. The molecule has 2 unspecified atom stereocenters. The lowest BCUT2D eigenvalue weighted by Gasteiger charge is -2.19. The van der Waals surface area contributed by atoms with Gasteiger partial charge in [-0.25, -0.2) is 0 Å². The lowest BCUT2D eigenvalue weighted by molar-refractivity contribution is 0.715. The van der Waals surface area contributed by atoms with Crippen LogP contribution in [0.25, 0.3) is 11.3 Å². The first-order valence-electron chi connectivity index (χ1n) is 6.89. The van der Waals surface area contributed by atoms with Gasteiger partial charge in [0.05, 0.1) is 5.69 Å². The van der Waals surface area contributed by atoms with Gasteiger partial charge in [0.1, 0.15) is 0 Å². The van der Waals surface area contributed by atoms with Crippen molar-refractivity contribution < 1.29 is 0 Å². The van der Waals surface area contributed by atoms with Gasteiger partial charge in [0.2, 0.25) is 0 Å². The second kappa shape index (κ2) is 3.68. The molecule has 0 amide bonds. The SMILES string of the molecule is Cc1ccccc1-c1nccc2c1C1CCC2C1. The molecule has 0 radical (unpaired) electrons. The fourth-order valence-electron chi connectivity index (χ4n) is 3.85. The molecule has 0 aliphatic heterocycles. The van der Waals surface area contributed by atoms with Crippen LogP contribution in [0.1, 0.15) is 47.8 Å². The normalized spacial score (nSPS) is 24.3. The van der Waals surface area contributed by atoms with Crippen molar-refractivity contribution in [2.45, 2.75) is 38.0 Å². The molecule has 2 aromatic rings. The molecule has 1 aromatic carbocycles. The minimum absolute atomic E-state index is 0.772. The molecule has 2 aliphatic rings. The average Bonchev–Trinajstić information content (AvgIpc) is 3.00. The molecule has 1 aromatic heterocycles. The molecule has 1 heterocycles. The molecule has 2 aliphatic carbocycles. The van der Waals surface area contributed by atoms with E-state index in [-0.39, 0.29) is 0 Å². The predicted molar refractivity (Wildman–Crippen MR) is 73.7 cm³/mol. The van der Waals surface area contributed by atoms with E-state index in [4.69, 9.17) is 4.98 Å². The van der Waals surface area contributed by atoms with Gasteiger partial charge in [0.25, 0.3) is 0 Å². The molecule has 90 valence electrons. The molecule has 1 saturated carbocycles. The first kappa shape index (κ1) is 10.3. The Kier molecular flexibility index (Phi) is 2.11. The Morgan fingerprint density at radius 2 is 1.89 bits per heavy atom. The van der Waals surface area contributed by atoms with Crippen LogP contribution < -0.4 is 0 Å². The Morgan fingerprint density at radius 1 is 1.06 bits per heavy atom. The van der Waals surface area contributed by atoms with E-state index in [0.29, 0.717) is 0 Å². The van der Waals surface area contributed by atoms with Crippen LogP contribution in [0.5, 0.6) is 0 Å². The number of nitrogens with zero attached hydrogens (tertiary/aromatic N) is 1. The van der Waals surface area contributed by atoms with Crippen LogP contribution in [0.4, 0.5) is 0 Å². The van der Waals surface area contributed by atoms with E-state index in [1.54, 1.807) is 11.1 Å². The summed E-state index contributed by atoms with van der Waals surface area (Å²) in [6, 6.07) is 10.9. The van der Waals surface area contributed by atoms with Crippen molar-refractivity contribution in [1.29, 1.82) is 0 Å². The van der Waals surface area contributed by atoms with E-state index in [0.717, 1.165) is 11.8 Å². The largest absolute Gasteiger partial charge is 0.256 e. The molecule has 1 fully saturated rings. The summed E-state index contributed by atoms with van der Waals surface area (Å²) in [6.07, 6.45) is 6.11. The summed E-state index contributed by atoms with van der Waals surface area (Å²) in [7, 11) is 0. The van der Waals surface area contributed by atoms with Gasteiger partial charge >= 0.3 is 0 Å². The van der Waals surface area contributed by atoms with Crippen molar-refractivity contribution in [3.05, 3.63) is 53.2 Å². The fraction of sp³-hybridized carbons (Fsp3) is 0.353. The molecule has 0 N–H and O–H groups in total. The van der Waals surface area contributed by atoms with Crippen LogP contribution >= 0.6 is 0 Å². The molecule has 0 spiro atoms. The summed E-state index contributed by atoms with van der Waals surface area (Å²) >= 11 is 0. The summed E-state index contributed by atoms with van der Waals surface area (Å²) in [5, 5.41) is 0. The maximum atomic E-state index is 4.70. The molecular weight excluding hydrogens is 218 g/mol. The number of hydrogen-bond acceptors (Lipinski definition) is 1. The van der Waals surface area contributed by atoms with Crippen molar-refractivity contribution in [2.24, 2.45) is 0 Å². The number of aromatic nitrogens is 1. The third-order valence-corrected chi connectivity index (χ3v) is 4.70. The number of fused-ring (bicyclic) bond motifs is 5. The van der Waals surface area contributed by atoms with Gasteiger partial charge in [-0.05, 0) is 60.8 Å². The van der Waals surface area contributed by atoms with Crippen LogP contribution in [0, 0.1) is 6.92 Å². The van der Waals surface area contributed by atoms with Crippen molar-refractivity contribution in [3.8, 4) is 11.3 Å². The Labute approximate surface area is 108 Å². The van der Waals surface area contributed by atoms with E-state index in [2.05, 4.69) is 37.3 Å². The molecule has 1 heteroatoms. The van der Waals surface area contributed by atoms with E-state index in [9.17, 15) is 0 Å². The Hall–Kier alpha value is -1.63. The van der Waals surface area contributed by atoms with Gasteiger partial charge in [0.15, 0.2) is 0 Å². The Morgan fingerprint density at radius 3 is 2.78 bits per heavy atom. The summed E-state index contributed by atoms with van der Waals surface area (Å²) in [6.45, 7) is 2.18. The Bertz CT molecular complexity index is 615. The molecule has 2 bridgehead atoms. The van der Waals surface area contributed by atoms with Crippen LogP contribution in [0.3, 0.4) is 0 Å². The average molecular weight is 235 g/mol. The summed E-state index contributed by atoms with van der Waals surface area (Å²) in [5.74, 6) is 1.59. The quantitative estimate of drug-likeness (QED) is 0.713. The van der Waals surface area contributed by atoms with Crippen molar-refractivity contribution in [1.82, 2.24) is 4.98 Å². The minimum Gasteiger partial charge on any atom is -0.256 e. The third-order valence-electron chi connectivity index (χ3n) is 4.70. The number of aryl methyl sites for hydroxylation is 1. The highest BCUT2D eigenvalue weighted by molar-refractivity contribution is 5.70. The second-order valence-electron chi connectivity index (χ2n) is 5.68. The monoisotopic (exact) mass is 235 g/mol. The van der Waals surface area contributed by atoms with E-state index < -0.39 is 0 Å². The lowest BCUT2D eigenvalue weighted by atomic mass is 9.88. The predicted octanol–water partition coefficient (Wildman–Crippen LogP) is 4.42. The van der Waals surface area contributed by atoms with Crippen molar-refractivity contribution in [2.75, 3.05) is 0 Å². The van der Waals surface area contributed by atoms with Gasteiger partial charge in [-0.15, -0.1) is 0 Å². The Balaban J connectivity index is 1.96. The highest BCUT2D eigenvalue weighted by Gasteiger charge is 2.38. The first-order chi connectivity index (χ1) is 8.84. The van der Waals surface area contributed by atoms with E-state index >= 15 is 0 Å². The maximum Gasteiger partial charge on any atom is 0.0742 e. The number of rotatable bonds is 1. The van der Waals surface area contributed by atoms with Gasteiger partial charge < -0.3 is 0 Å². The summed E-state index contributed by atoms with van der Waals surface area (Å²) in [5.41, 5.74) is 7.04. The zero-order valence-electron chi connectivity index (χ0n) is 10.7. The molecule has 2 atom stereocenters. The van der Waals surface area contributed by atoms with Crippen LogP contribution in [-0.4, -0.2) is 4.98 Å². The first-order valence-corrected chi connectivity index (χ1v) is 6.89. The second-order valence-corrected chi connectivity index (χ2v) is 5.68. The lowest BCUT2D eigenvalue weighted by Crippen LogP contribution is -2.02. The molecule has 0 saturated heterocycles. The standard InChI is InChI=1S/C17H17N/c1-11-4-2-3-5-14(11)17-16-13-7-6-12(10-13)15(16)8-9-18-17/h2-5,8-9,12-13H,6-7,10H2,1H3. The van der Waals surface area contributed by atoms with Gasteiger partial charge in [0, 0.05) is 11.8 Å². The minimum atomic E-state index is 0.772. The topological polar surface area (TPSA) is 12.9 Å². The van der Waals surface area contributed by atoms with Crippen molar-refractivity contribution in [3.63, 3.8) is 0 Å². The molecule has 4 rings (SSSR count). The number of hydrogen-bond donors (Lipinski definition) is 0. The highest BCUT2D eigenvalue weighted by atomic mass is 14.7. The highest BCUT2D eigenvalue weighted by Crippen LogP contribution is 2.55. The maximum absolute atomic E-state index is 4.70. The van der Waals surface area contributed by atoms with Gasteiger partial charge in [-0.1, -0.05) is 24.3 Å². The smallest absolute Gasteiger partial charge is 0.0742 e.